The Morgan fingerprint density at radius 1 is 0.957 bits per heavy atom. The number of benzene rings is 2. The monoisotopic (exact) mass is 323 g/mol. The van der Waals surface area contributed by atoms with E-state index in [-0.39, 0.29) is 0 Å². The molecule has 23 heavy (non-hydrogen) atoms. The van der Waals surface area contributed by atoms with Gasteiger partial charge < -0.3 is 10.6 Å². The normalized spacial score (nSPS) is 17.0. The predicted octanol–water partition coefficient (Wildman–Crippen LogP) is 4.48. The first-order chi connectivity index (χ1) is 11.3. The van der Waals surface area contributed by atoms with E-state index in [2.05, 4.69) is 15.6 Å². The molecular formula is C19H18ClN3. The smallest absolute Gasteiger partial charge is 0.0629 e. The molecule has 0 fully saturated rings. The Kier molecular flexibility index (Phi) is 5.25. The molecule has 3 nitrogen and oxygen atoms in total. The van der Waals surface area contributed by atoms with Crippen LogP contribution in [-0.2, 0) is 0 Å². The van der Waals surface area contributed by atoms with Crippen molar-refractivity contribution in [2.75, 3.05) is 18.4 Å². The summed E-state index contributed by atoms with van der Waals surface area (Å²) in [5.41, 5.74) is 3.97. The maximum atomic E-state index is 6.52. The molecule has 0 atom stereocenters. The van der Waals surface area contributed by atoms with E-state index in [0.717, 1.165) is 40.6 Å². The minimum atomic E-state index is 0.720. The summed E-state index contributed by atoms with van der Waals surface area (Å²) < 4.78 is 0. The van der Waals surface area contributed by atoms with Crippen molar-refractivity contribution in [1.82, 2.24) is 5.32 Å². The molecule has 116 valence electrons. The molecule has 0 amide bonds. The highest BCUT2D eigenvalue weighted by Gasteiger charge is 2.13. The first kappa shape index (κ1) is 15.5. The van der Waals surface area contributed by atoms with Gasteiger partial charge in [-0.3, -0.25) is 4.99 Å². The fraction of sp³-hybridized carbons (Fsp3) is 0.105. The lowest BCUT2D eigenvalue weighted by atomic mass is 10.1. The number of hydrogen-bond donors (Lipinski definition) is 2. The van der Waals surface area contributed by atoms with E-state index < -0.39 is 0 Å². The second-order valence-electron chi connectivity index (χ2n) is 5.22. The standard InChI is InChI=1S/C19H18ClN3/c20-19-15(13-22-17-7-3-1-4-8-17)11-21-12-16(19)14-23-18-9-5-2-6-10-18/h1-10,13-14,21-22H,11-12H2/b15-13+,23-14?. The van der Waals surface area contributed by atoms with Crippen LogP contribution in [0, 0.1) is 0 Å². The van der Waals surface area contributed by atoms with E-state index in [1.54, 1.807) is 0 Å². The Balaban J connectivity index is 1.76. The summed E-state index contributed by atoms with van der Waals surface area (Å²) in [7, 11) is 0. The van der Waals surface area contributed by atoms with Gasteiger partial charge in [-0.25, -0.2) is 0 Å². The molecular weight excluding hydrogens is 306 g/mol. The summed E-state index contributed by atoms with van der Waals surface area (Å²) in [4.78, 5) is 4.48. The molecule has 2 aromatic carbocycles. The summed E-state index contributed by atoms with van der Waals surface area (Å²) in [5.74, 6) is 0. The highest BCUT2D eigenvalue weighted by Crippen LogP contribution is 2.22. The molecule has 0 aliphatic carbocycles. The Labute approximate surface area is 141 Å². The van der Waals surface area contributed by atoms with Crippen molar-refractivity contribution in [2.24, 2.45) is 4.99 Å². The Bertz CT molecular complexity index is 734. The Morgan fingerprint density at radius 2 is 1.65 bits per heavy atom. The predicted molar refractivity (Wildman–Crippen MR) is 98.5 cm³/mol. The lowest BCUT2D eigenvalue weighted by Gasteiger charge is -2.18. The molecule has 0 radical (unpaired) electrons. The van der Waals surface area contributed by atoms with Gasteiger partial charge >= 0.3 is 0 Å². The SMILES string of the molecule is ClC1=C(C=Nc2ccccc2)CNC/C1=C\Nc1ccccc1. The van der Waals surface area contributed by atoms with Crippen LogP contribution in [-0.4, -0.2) is 19.3 Å². The Hall–Kier alpha value is -2.36. The van der Waals surface area contributed by atoms with Crippen molar-refractivity contribution in [3.63, 3.8) is 0 Å². The first-order valence-corrected chi connectivity index (χ1v) is 7.90. The molecule has 1 aliphatic heterocycles. The van der Waals surface area contributed by atoms with Crippen LogP contribution in [0.5, 0.6) is 0 Å². The third kappa shape index (κ3) is 4.31. The lowest BCUT2D eigenvalue weighted by Crippen LogP contribution is -2.27. The highest BCUT2D eigenvalue weighted by atomic mass is 35.5. The van der Waals surface area contributed by atoms with Gasteiger partial charge in [0.15, 0.2) is 0 Å². The van der Waals surface area contributed by atoms with E-state index >= 15 is 0 Å². The molecule has 0 bridgehead atoms. The van der Waals surface area contributed by atoms with Crippen molar-refractivity contribution in [3.05, 3.63) is 83.0 Å². The van der Waals surface area contributed by atoms with E-state index in [9.17, 15) is 0 Å². The average Bonchev–Trinajstić information content (AvgIpc) is 2.61. The zero-order chi connectivity index (χ0) is 15.9. The van der Waals surface area contributed by atoms with Crippen LogP contribution in [0.15, 0.2) is 88.0 Å². The molecule has 4 heteroatoms. The number of para-hydroxylation sites is 2. The number of nitrogens with one attached hydrogen (secondary N) is 2. The molecule has 3 rings (SSSR count). The van der Waals surface area contributed by atoms with Crippen molar-refractivity contribution >= 4 is 29.2 Å². The van der Waals surface area contributed by atoms with Gasteiger partial charge in [-0.15, -0.1) is 0 Å². The summed E-state index contributed by atoms with van der Waals surface area (Å²) in [6.45, 7) is 1.46. The molecule has 1 heterocycles. The minimum absolute atomic E-state index is 0.720. The van der Waals surface area contributed by atoms with E-state index in [0.29, 0.717) is 0 Å². The first-order valence-electron chi connectivity index (χ1n) is 7.52. The van der Waals surface area contributed by atoms with Gasteiger partial charge in [-0.05, 0) is 24.3 Å². The van der Waals surface area contributed by atoms with Crippen molar-refractivity contribution in [2.45, 2.75) is 0 Å². The minimum Gasteiger partial charge on any atom is -0.361 e. The van der Waals surface area contributed by atoms with Crippen LogP contribution in [0.3, 0.4) is 0 Å². The zero-order valence-corrected chi connectivity index (χ0v) is 13.4. The fourth-order valence-corrected chi connectivity index (χ4v) is 2.52. The number of nitrogens with zero attached hydrogens (tertiary/aromatic N) is 1. The zero-order valence-electron chi connectivity index (χ0n) is 12.7. The molecule has 0 spiro atoms. The summed E-state index contributed by atoms with van der Waals surface area (Å²) >= 11 is 6.52. The molecule has 0 aromatic heterocycles. The van der Waals surface area contributed by atoms with Crippen molar-refractivity contribution < 1.29 is 0 Å². The number of aliphatic imine (C=N–C) groups is 1. The van der Waals surface area contributed by atoms with Gasteiger partial charge in [0.25, 0.3) is 0 Å². The summed E-state index contributed by atoms with van der Waals surface area (Å²) in [6.07, 6.45) is 3.78. The van der Waals surface area contributed by atoms with E-state index in [1.807, 2.05) is 73.1 Å². The van der Waals surface area contributed by atoms with Crippen LogP contribution < -0.4 is 10.6 Å². The maximum absolute atomic E-state index is 6.52. The highest BCUT2D eigenvalue weighted by molar-refractivity contribution is 6.34. The van der Waals surface area contributed by atoms with Gasteiger partial charge in [0.05, 0.1) is 10.7 Å². The lowest BCUT2D eigenvalue weighted by molar-refractivity contribution is 0.787. The number of anilines is 1. The second-order valence-corrected chi connectivity index (χ2v) is 5.59. The van der Waals surface area contributed by atoms with Crippen LogP contribution in [0.2, 0.25) is 0 Å². The third-order valence-electron chi connectivity index (χ3n) is 3.51. The van der Waals surface area contributed by atoms with E-state index in [1.165, 1.54) is 0 Å². The second kappa shape index (κ2) is 7.77. The molecule has 0 unspecified atom stereocenters. The largest absolute Gasteiger partial charge is 0.361 e. The average molecular weight is 324 g/mol. The maximum Gasteiger partial charge on any atom is 0.0629 e. The number of rotatable bonds is 4. The topological polar surface area (TPSA) is 36.4 Å². The van der Waals surface area contributed by atoms with Gasteiger partial charge in [0.1, 0.15) is 0 Å². The van der Waals surface area contributed by atoms with Gasteiger partial charge in [0, 0.05) is 42.3 Å². The molecule has 2 aromatic rings. The number of halogens is 1. The van der Waals surface area contributed by atoms with Gasteiger partial charge in [-0.2, -0.15) is 0 Å². The molecule has 0 saturated heterocycles. The van der Waals surface area contributed by atoms with Crippen LogP contribution in [0.4, 0.5) is 11.4 Å². The summed E-state index contributed by atoms with van der Waals surface area (Å²) in [5, 5.41) is 7.38. The molecule has 1 aliphatic rings. The Morgan fingerprint density at radius 3 is 2.39 bits per heavy atom. The summed E-state index contributed by atoms with van der Waals surface area (Å²) in [6, 6.07) is 19.9. The van der Waals surface area contributed by atoms with Crippen molar-refractivity contribution in [1.29, 1.82) is 0 Å². The molecule has 0 saturated carbocycles. The van der Waals surface area contributed by atoms with Gasteiger partial charge in [-0.1, -0.05) is 48.0 Å². The molecule has 2 N–H and O–H groups in total. The van der Waals surface area contributed by atoms with E-state index in [4.69, 9.17) is 11.6 Å². The van der Waals surface area contributed by atoms with Crippen LogP contribution >= 0.6 is 11.6 Å². The van der Waals surface area contributed by atoms with Crippen molar-refractivity contribution in [3.8, 4) is 0 Å². The van der Waals surface area contributed by atoms with Crippen LogP contribution in [0.25, 0.3) is 0 Å². The fourth-order valence-electron chi connectivity index (χ4n) is 2.28. The van der Waals surface area contributed by atoms with Gasteiger partial charge in [0.2, 0.25) is 0 Å². The number of hydrogen-bond acceptors (Lipinski definition) is 3. The van der Waals surface area contributed by atoms with Crippen LogP contribution in [0.1, 0.15) is 0 Å². The quantitative estimate of drug-likeness (QED) is 0.814. The third-order valence-corrected chi connectivity index (χ3v) is 3.99.